The summed E-state index contributed by atoms with van der Waals surface area (Å²) in [5.74, 6) is -1.81. The van der Waals surface area contributed by atoms with Gasteiger partial charge in [-0.25, -0.2) is 13.1 Å². The van der Waals surface area contributed by atoms with Gasteiger partial charge in [-0.15, -0.1) is 0 Å². The Bertz CT molecular complexity index is 1710. The minimum absolute atomic E-state index is 0. The Hall–Kier alpha value is -3.92. The van der Waals surface area contributed by atoms with Gasteiger partial charge in [-0.05, 0) is 93.1 Å². The van der Waals surface area contributed by atoms with Crippen molar-refractivity contribution in [1.82, 2.24) is 14.9 Å². The van der Waals surface area contributed by atoms with Crippen LogP contribution in [-0.2, 0) is 26.8 Å². The van der Waals surface area contributed by atoms with Crippen molar-refractivity contribution in [2.75, 3.05) is 25.4 Å². The van der Waals surface area contributed by atoms with E-state index in [1.165, 1.54) is 36.5 Å². The third-order valence-electron chi connectivity index (χ3n) is 7.96. The Morgan fingerprint density at radius 2 is 1.52 bits per heavy atom. The number of benzene rings is 3. The van der Waals surface area contributed by atoms with Crippen molar-refractivity contribution >= 4 is 43.8 Å². The number of rotatable bonds is 17. The maximum Gasteiger partial charge on any atom is 0.305 e. The van der Waals surface area contributed by atoms with E-state index < -0.39 is 24.6 Å². The second kappa shape index (κ2) is 21.6. The summed E-state index contributed by atoms with van der Waals surface area (Å²) < 4.78 is 36.7. The van der Waals surface area contributed by atoms with Gasteiger partial charge < -0.3 is 25.2 Å². The zero-order chi connectivity index (χ0) is 37.7. The molecule has 4 aromatic rings. The molecule has 1 amide bonds. The number of hydrogen-bond donors (Lipinski definition) is 4. The number of anilines is 1. The number of aromatic nitrogens is 1. The third kappa shape index (κ3) is 13.2. The smallest absolute Gasteiger partial charge is 0.305 e. The Morgan fingerprint density at radius 3 is 2.04 bits per heavy atom. The first-order valence-electron chi connectivity index (χ1n) is 16.6. The van der Waals surface area contributed by atoms with E-state index in [1.807, 2.05) is 70.5 Å². The average Bonchev–Trinajstić information content (AvgIpc) is 3.37. The number of aliphatic carboxylic acids is 1. The molecule has 4 rings (SSSR count). The zero-order valence-electron chi connectivity index (χ0n) is 30.3. The number of aliphatic hydroxyl groups excluding tert-OH is 2. The summed E-state index contributed by atoms with van der Waals surface area (Å²) in [5.41, 5.74) is 7.40. The van der Waals surface area contributed by atoms with Crippen LogP contribution in [0, 0.1) is 18.6 Å². The first-order valence-corrected chi connectivity index (χ1v) is 17.3. The second-order valence-corrected chi connectivity index (χ2v) is 13.4. The van der Waals surface area contributed by atoms with E-state index in [2.05, 4.69) is 9.88 Å². The standard InChI is InChI=1S/C27H31F2NO4.C11H17N3O2S.H2S/c1-16(2)30-17(3)26(18-4-8-20(28)9-5-18)27(19-6-10-21(29)11-7-19)24(30)13-12-22(31)14-23(32)15-25(33)34;1-13(2)16-17-14(3)11-6-4-5-10(7-11)8-12-9-15;/h4-11,16,22-23,31-32H,12-15H2,1-3H3,(H,33,34);4-7,9H,8H2,1-3H3,(H,12,15);1H2. The molecule has 1 heterocycles. The number of nitrogens with zero attached hydrogens (tertiary/aromatic N) is 3. The van der Waals surface area contributed by atoms with Crippen LogP contribution in [0.2, 0.25) is 0 Å². The van der Waals surface area contributed by atoms with Crippen molar-refractivity contribution in [3.8, 4) is 22.3 Å². The highest BCUT2D eigenvalue weighted by molar-refractivity contribution is 7.96. The normalized spacial score (nSPS) is 12.1. The first-order chi connectivity index (χ1) is 24.2. The molecule has 0 saturated heterocycles. The first kappa shape index (κ1) is 44.2. The number of hydroxylamine groups is 2. The number of nitrogens with one attached hydrogen (secondary N) is 1. The van der Waals surface area contributed by atoms with E-state index in [0.29, 0.717) is 25.8 Å². The maximum atomic E-state index is 13.7. The van der Waals surface area contributed by atoms with Crippen molar-refractivity contribution in [2.24, 2.45) is 0 Å². The molecule has 0 saturated carbocycles. The number of carbonyl (C=O) groups is 2. The molecule has 0 aliphatic heterocycles. The van der Waals surface area contributed by atoms with Crippen LogP contribution in [0.25, 0.3) is 22.3 Å². The molecule has 10 nitrogen and oxygen atoms in total. The highest BCUT2D eigenvalue weighted by atomic mass is 32.2. The van der Waals surface area contributed by atoms with Crippen LogP contribution in [-0.4, -0.2) is 70.7 Å². The number of hydrogen-bond acceptors (Lipinski definition) is 8. The van der Waals surface area contributed by atoms with Gasteiger partial charge in [0.25, 0.3) is 0 Å². The lowest BCUT2D eigenvalue weighted by Gasteiger charge is -2.19. The van der Waals surface area contributed by atoms with Crippen LogP contribution in [0.5, 0.6) is 0 Å². The Kier molecular flexibility index (Phi) is 18.4. The molecule has 2 unspecified atom stereocenters. The number of halogens is 2. The van der Waals surface area contributed by atoms with Crippen molar-refractivity contribution in [1.29, 1.82) is 0 Å². The molecule has 4 N–H and O–H groups in total. The third-order valence-corrected chi connectivity index (χ3v) is 8.76. The van der Waals surface area contributed by atoms with E-state index in [4.69, 9.17) is 9.39 Å². The fraction of sp³-hybridized carbons (Fsp3) is 0.368. The number of carboxylic acid groups (broad SMARTS) is 1. The zero-order valence-corrected chi connectivity index (χ0v) is 32.2. The molecule has 0 bridgehead atoms. The molecular weight excluding hydrogens is 711 g/mol. The largest absolute Gasteiger partial charge is 0.481 e. The molecule has 0 aliphatic rings. The van der Waals surface area contributed by atoms with Crippen LogP contribution in [0.15, 0.2) is 72.8 Å². The summed E-state index contributed by atoms with van der Waals surface area (Å²) in [6.07, 6.45) is -1.02. The minimum Gasteiger partial charge on any atom is -0.481 e. The average molecular weight is 761 g/mol. The highest BCUT2D eigenvalue weighted by Gasteiger charge is 2.25. The van der Waals surface area contributed by atoms with Crippen LogP contribution < -0.4 is 9.62 Å². The van der Waals surface area contributed by atoms with Crippen molar-refractivity contribution in [2.45, 2.75) is 71.2 Å². The van der Waals surface area contributed by atoms with Crippen LogP contribution >= 0.6 is 25.7 Å². The molecule has 284 valence electrons. The molecule has 1 aromatic heterocycles. The van der Waals surface area contributed by atoms with Crippen molar-refractivity contribution in [3.63, 3.8) is 0 Å². The fourth-order valence-corrected chi connectivity index (χ4v) is 6.24. The van der Waals surface area contributed by atoms with E-state index in [1.54, 1.807) is 29.3 Å². The summed E-state index contributed by atoms with van der Waals surface area (Å²) in [5, 5.41) is 33.5. The number of aliphatic hydroxyl groups is 2. The lowest BCUT2D eigenvalue weighted by Crippen LogP contribution is -2.21. The maximum absolute atomic E-state index is 13.7. The molecule has 2 atom stereocenters. The van der Waals surface area contributed by atoms with Gasteiger partial charge in [0.1, 0.15) is 23.9 Å². The van der Waals surface area contributed by atoms with Crippen LogP contribution in [0.4, 0.5) is 14.5 Å². The van der Waals surface area contributed by atoms with Crippen LogP contribution in [0.3, 0.4) is 0 Å². The van der Waals surface area contributed by atoms with Gasteiger partial charge in [0, 0.05) is 61.9 Å². The molecule has 0 fully saturated rings. The predicted octanol–water partition coefficient (Wildman–Crippen LogP) is 7.05. The van der Waals surface area contributed by atoms with Gasteiger partial charge in [-0.2, -0.15) is 18.6 Å². The van der Waals surface area contributed by atoms with Crippen molar-refractivity contribution < 1.29 is 38.0 Å². The summed E-state index contributed by atoms with van der Waals surface area (Å²) in [6, 6.07) is 20.4. The van der Waals surface area contributed by atoms with E-state index in [-0.39, 0.29) is 37.6 Å². The highest BCUT2D eigenvalue weighted by Crippen LogP contribution is 2.42. The monoisotopic (exact) mass is 760 g/mol. The Balaban J connectivity index is 0.000000439. The van der Waals surface area contributed by atoms with Gasteiger partial charge in [-0.1, -0.05) is 36.4 Å². The van der Waals surface area contributed by atoms with Crippen molar-refractivity contribution in [3.05, 3.63) is 101 Å². The lowest BCUT2D eigenvalue weighted by molar-refractivity contribution is -0.139. The summed E-state index contributed by atoms with van der Waals surface area (Å²) in [6.45, 7) is 6.62. The quantitative estimate of drug-likeness (QED) is 0.0388. The molecule has 0 spiro atoms. The fourth-order valence-electron chi connectivity index (χ4n) is 5.81. The molecule has 52 heavy (non-hydrogen) atoms. The Labute approximate surface area is 316 Å². The van der Waals surface area contributed by atoms with E-state index in [9.17, 15) is 28.6 Å². The van der Waals surface area contributed by atoms with Gasteiger partial charge in [-0.3, -0.25) is 13.9 Å². The topological polar surface area (TPSA) is 128 Å². The SMILES string of the molecule is CN(C)OSN(C)c1cccc(CNC=O)c1.Cc1c(-c2ccc(F)cc2)c(-c2ccc(F)cc2)c(CCC(O)CC(O)CC(=O)O)n1C(C)C.S. The summed E-state index contributed by atoms with van der Waals surface area (Å²) in [7, 11) is 5.57. The van der Waals surface area contributed by atoms with Gasteiger partial charge >= 0.3 is 5.97 Å². The second-order valence-electron chi connectivity index (χ2n) is 12.6. The van der Waals surface area contributed by atoms with Crippen LogP contribution in [0.1, 0.15) is 56.1 Å². The number of amides is 1. The predicted molar refractivity (Wildman–Crippen MR) is 208 cm³/mol. The number of carbonyl (C=O) groups excluding carboxylic acids is 1. The molecule has 0 radical (unpaired) electrons. The summed E-state index contributed by atoms with van der Waals surface area (Å²) >= 11 is 1.24. The number of carboxylic acids is 1. The van der Waals surface area contributed by atoms with Gasteiger partial charge in [0.15, 0.2) is 0 Å². The van der Waals surface area contributed by atoms with Gasteiger partial charge in [0.2, 0.25) is 6.41 Å². The lowest BCUT2D eigenvalue weighted by atomic mass is 9.93. The van der Waals surface area contributed by atoms with Gasteiger partial charge in [0.05, 0.1) is 18.6 Å². The molecule has 0 aliphatic carbocycles. The Morgan fingerprint density at radius 1 is 0.942 bits per heavy atom. The van der Waals surface area contributed by atoms with E-state index >= 15 is 0 Å². The molecular formula is C38H50F2N4O6S2. The minimum atomic E-state index is -1.13. The summed E-state index contributed by atoms with van der Waals surface area (Å²) in [4.78, 5) is 21.0. The molecule has 14 heteroatoms. The van der Waals surface area contributed by atoms with E-state index in [0.717, 1.165) is 44.9 Å². The molecule has 3 aromatic carbocycles.